The molecule has 4 nitrogen and oxygen atoms in total. The molecular weight excluding hydrogens is 235 g/mol. The van der Waals surface area contributed by atoms with Gasteiger partial charge in [-0.3, -0.25) is 9.59 Å². The molecule has 0 saturated heterocycles. The summed E-state index contributed by atoms with van der Waals surface area (Å²) in [7, 11) is 0. The molecule has 0 aliphatic carbocycles. The summed E-state index contributed by atoms with van der Waals surface area (Å²) in [5.74, 6) is -0.759. The van der Waals surface area contributed by atoms with Gasteiger partial charge < -0.3 is 10.6 Å². The zero-order valence-electron chi connectivity index (χ0n) is 11.5. The molecule has 2 N–H and O–H groups in total. The van der Waals surface area contributed by atoms with E-state index >= 15 is 0 Å². The lowest BCUT2D eigenvalue weighted by Gasteiger charge is -2.26. The first-order valence-corrected chi connectivity index (χ1v) is 5.77. The van der Waals surface area contributed by atoms with E-state index in [4.69, 9.17) is 0 Å². The molecule has 0 aromatic carbocycles. The minimum absolute atomic E-state index is 0.0497. The molecular formula is C13H21FN2O2. The Bertz CT molecular complexity index is 371. The van der Waals surface area contributed by atoms with Crippen LogP contribution in [0.15, 0.2) is 24.1 Å². The third-order valence-corrected chi connectivity index (χ3v) is 2.41. The van der Waals surface area contributed by atoms with Gasteiger partial charge in [-0.2, -0.15) is 0 Å². The van der Waals surface area contributed by atoms with E-state index < -0.39 is 11.4 Å². The number of halogens is 1. The summed E-state index contributed by atoms with van der Waals surface area (Å²) in [6.45, 7) is 8.94. The first-order valence-electron chi connectivity index (χ1n) is 5.77. The van der Waals surface area contributed by atoms with Crippen LogP contribution in [0.5, 0.6) is 0 Å². The second-order valence-corrected chi connectivity index (χ2v) is 4.90. The molecule has 0 rings (SSSR count). The molecule has 18 heavy (non-hydrogen) atoms. The Balaban J connectivity index is 4.73. The minimum Gasteiger partial charge on any atom is -0.350 e. The SMILES string of the molecule is C/C(=C\C(=O)NC(C)C)C(C)(C)NC(=O)/C=C/F. The highest BCUT2D eigenvalue weighted by molar-refractivity contribution is 5.90. The maximum Gasteiger partial charge on any atom is 0.246 e. The Hall–Kier alpha value is -1.65. The molecule has 0 aliphatic heterocycles. The van der Waals surface area contributed by atoms with E-state index in [0.29, 0.717) is 5.57 Å². The average Bonchev–Trinajstić information content (AvgIpc) is 2.14. The van der Waals surface area contributed by atoms with Crippen LogP contribution in [-0.2, 0) is 9.59 Å². The molecule has 0 spiro atoms. The maximum absolute atomic E-state index is 11.9. The summed E-state index contributed by atoms with van der Waals surface area (Å²) in [6, 6.07) is 0.0497. The molecule has 0 aromatic rings. The molecule has 0 saturated carbocycles. The van der Waals surface area contributed by atoms with Crippen molar-refractivity contribution < 1.29 is 14.0 Å². The van der Waals surface area contributed by atoms with E-state index in [1.807, 2.05) is 13.8 Å². The van der Waals surface area contributed by atoms with Gasteiger partial charge in [0, 0.05) is 18.2 Å². The van der Waals surface area contributed by atoms with Crippen molar-refractivity contribution in [3.63, 3.8) is 0 Å². The Morgan fingerprint density at radius 3 is 2.22 bits per heavy atom. The Morgan fingerprint density at radius 2 is 1.78 bits per heavy atom. The topological polar surface area (TPSA) is 58.2 Å². The molecule has 5 heteroatoms. The van der Waals surface area contributed by atoms with Crippen molar-refractivity contribution >= 4 is 11.8 Å². The monoisotopic (exact) mass is 256 g/mol. The molecule has 0 radical (unpaired) electrons. The summed E-state index contributed by atoms with van der Waals surface area (Å²) < 4.78 is 11.9. The van der Waals surface area contributed by atoms with Gasteiger partial charge in [-0.25, -0.2) is 4.39 Å². The van der Waals surface area contributed by atoms with Crippen molar-refractivity contribution in [2.24, 2.45) is 0 Å². The lowest BCUT2D eigenvalue weighted by atomic mass is 9.94. The highest BCUT2D eigenvalue weighted by Crippen LogP contribution is 2.14. The van der Waals surface area contributed by atoms with Crippen molar-refractivity contribution in [1.82, 2.24) is 10.6 Å². The lowest BCUT2D eigenvalue weighted by Crippen LogP contribution is -2.44. The number of hydrogen-bond acceptors (Lipinski definition) is 2. The largest absolute Gasteiger partial charge is 0.350 e. The van der Waals surface area contributed by atoms with Crippen molar-refractivity contribution in [2.75, 3.05) is 0 Å². The maximum atomic E-state index is 11.9. The molecule has 0 unspecified atom stereocenters. The van der Waals surface area contributed by atoms with E-state index in [1.165, 1.54) is 6.08 Å². The van der Waals surface area contributed by atoms with Gasteiger partial charge in [-0.05, 0) is 40.2 Å². The third-order valence-electron chi connectivity index (χ3n) is 2.41. The van der Waals surface area contributed by atoms with Gasteiger partial charge >= 0.3 is 0 Å². The third kappa shape index (κ3) is 6.18. The van der Waals surface area contributed by atoms with Crippen molar-refractivity contribution in [1.29, 1.82) is 0 Å². The van der Waals surface area contributed by atoms with Crippen molar-refractivity contribution in [3.8, 4) is 0 Å². The van der Waals surface area contributed by atoms with E-state index in [0.717, 1.165) is 6.08 Å². The first kappa shape index (κ1) is 16.4. The predicted octanol–water partition coefficient (Wildman–Crippen LogP) is 1.84. The first-order chi connectivity index (χ1) is 8.19. The summed E-state index contributed by atoms with van der Waals surface area (Å²) in [5, 5.41) is 5.32. The predicted molar refractivity (Wildman–Crippen MR) is 69.5 cm³/mol. The quantitative estimate of drug-likeness (QED) is 0.737. The molecule has 0 atom stereocenters. The van der Waals surface area contributed by atoms with E-state index in [1.54, 1.807) is 20.8 Å². The number of carbonyl (C=O) groups is 2. The van der Waals surface area contributed by atoms with Crippen LogP contribution in [0.2, 0.25) is 0 Å². The van der Waals surface area contributed by atoms with Crippen LogP contribution < -0.4 is 10.6 Å². The summed E-state index contributed by atoms with van der Waals surface area (Å²) >= 11 is 0. The molecule has 0 heterocycles. The zero-order valence-corrected chi connectivity index (χ0v) is 11.5. The fourth-order valence-electron chi connectivity index (χ4n) is 1.21. The van der Waals surface area contributed by atoms with E-state index in [9.17, 15) is 14.0 Å². The molecule has 2 amide bonds. The van der Waals surface area contributed by atoms with Gasteiger partial charge in [0.1, 0.15) is 0 Å². The number of nitrogens with one attached hydrogen (secondary N) is 2. The minimum atomic E-state index is -0.717. The second kappa shape index (κ2) is 6.93. The van der Waals surface area contributed by atoms with Gasteiger partial charge in [-0.15, -0.1) is 0 Å². The summed E-state index contributed by atoms with van der Waals surface area (Å²) in [6.07, 6.45) is 2.40. The van der Waals surface area contributed by atoms with Crippen LogP contribution in [0, 0.1) is 0 Å². The van der Waals surface area contributed by atoms with Crippen LogP contribution in [0.3, 0.4) is 0 Å². The number of rotatable bonds is 5. The van der Waals surface area contributed by atoms with E-state index in [-0.39, 0.29) is 18.3 Å². The average molecular weight is 256 g/mol. The zero-order chi connectivity index (χ0) is 14.3. The van der Waals surface area contributed by atoms with Gasteiger partial charge in [0.05, 0.1) is 11.9 Å². The van der Waals surface area contributed by atoms with E-state index in [2.05, 4.69) is 10.6 Å². The Morgan fingerprint density at radius 1 is 1.22 bits per heavy atom. The van der Waals surface area contributed by atoms with Crippen LogP contribution in [0.4, 0.5) is 4.39 Å². The van der Waals surface area contributed by atoms with Crippen molar-refractivity contribution in [3.05, 3.63) is 24.1 Å². The Labute approximate surface area is 107 Å². The van der Waals surface area contributed by atoms with Gasteiger partial charge in [-0.1, -0.05) is 0 Å². The number of hydrogen-bond donors (Lipinski definition) is 2. The van der Waals surface area contributed by atoms with Crippen LogP contribution in [0.25, 0.3) is 0 Å². The summed E-state index contributed by atoms with van der Waals surface area (Å²) in [4.78, 5) is 22.8. The lowest BCUT2D eigenvalue weighted by molar-refractivity contribution is -0.118. The smallest absolute Gasteiger partial charge is 0.246 e. The van der Waals surface area contributed by atoms with Gasteiger partial charge in [0.2, 0.25) is 11.8 Å². The second-order valence-electron chi connectivity index (χ2n) is 4.90. The van der Waals surface area contributed by atoms with Crippen LogP contribution in [0.1, 0.15) is 34.6 Å². The van der Waals surface area contributed by atoms with Crippen LogP contribution >= 0.6 is 0 Å². The highest BCUT2D eigenvalue weighted by Gasteiger charge is 2.22. The highest BCUT2D eigenvalue weighted by atomic mass is 19.1. The summed E-state index contributed by atoms with van der Waals surface area (Å²) in [5.41, 5.74) is -0.0356. The molecule has 0 aliphatic rings. The van der Waals surface area contributed by atoms with Gasteiger partial charge in [0.15, 0.2) is 0 Å². The van der Waals surface area contributed by atoms with Crippen LogP contribution in [-0.4, -0.2) is 23.4 Å². The number of amides is 2. The number of carbonyl (C=O) groups excluding carboxylic acids is 2. The fourth-order valence-corrected chi connectivity index (χ4v) is 1.21. The standard InChI is InChI=1S/C13H21FN2O2/c1-9(2)15-12(18)8-10(3)13(4,5)16-11(17)6-7-14/h6-9H,1-5H3,(H,15,18)(H,16,17)/b7-6+,10-8+. The fraction of sp³-hybridized carbons (Fsp3) is 0.538. The van der Waals surface area contributed by atoms with Gasteiger partial charge in [0.25, 0.3) is 0 Å². The van der Waals surface area contributed by atoms with Crippen molar-refractivity contribution in [2.45, 2.75) is 46.2 Å². The Kier molecular flexibility index (Phi) is 6.30. The molecule has 0 aromatic heterocycles. The molecule has 0 bridgehead atoms. The normalized spacial score (nSPS) is 12.9. The molecule has 102 valence electrons. The molecule has 0 fully saturated rings.